The van der Waals surface area contributed by atoms with E-state index in [-0.39, 0.29) is 0 Å². The Labute approximate surface area is 110 Å². The van der Waals surface area contributed by atoms with Crippen LogP contribution in [0, 0.1) is 6.92 Å². The first-order valence-electron chi connectivity index (χ1n) is 5.73. The standard InChI is InChI=1S/C13H16BrN3/c1-3-15-9-11-7-8-17(16-11)13-6-4-5-12(14)10(13)2/h4-8,15H,3,9H2,1-2H3. The van der Waals surface area contributed by atoms with Crippen LogP contribution in [0.15, 0.2) is 34.9 Å². The molecule has 2 aromatic rings. The minimum absolute atomic E-state index is 0.816. The molecule has 0 aliphatic rings. The smallest absolute Gasteiger partial charge is 0.0766 e. The van der Waals surface area contributed by atoms with E-state index in [1.54, 1.807) is 0 Å². The van der Waals surface area contributed by atoms with Crippen LogP contribution < -0.4 is 5.32 Å². The Morgan fingerprint density at radius 2 is 2.18 bits per heavy atom. The molecule has 2 rings (SSSR count). The third kappa shape index (κ3) is 2.76. The van der Waals surface area contributed by atoms with E-state index in [9.17, 15) is 0 Å². The molecular formula is C13H16BrN3. The fraction of sp³-hybridized carbons (Fsp3) is 0.308. The zero-order valence-corrected chi connectivity index (χ0v) is 11.7. The topological polar surface area (TPSA) is 29.9 Å². The van der Waals surface area contributed by atoms with Crippen LogP contribution in [0.5, 0.6) is 0 Å². The Hall–Kier alpha value is -1.13. The zero-order chi connectivity index (χ0) is 12.3. The van der Waals surface area contributed by atoms with E-state index in [4.69, 9.17) is 0 Å². The van der Waals surface area contributed by atoms with Crippen molar-refractivity contribution >= 4 is 15.9 Å². The summed E-state index contributed by atoms with van der Waals surface area (Å²) in [5.41, 5.74) is 3.37. The van der Waals surface area contributed by atoms with Gasteiger partial charge in [0.25, 0.3) is 0 Å². The van der Waals surface area contributed by atoms with Gasteiger partial charge in [0, 0.05) is 17.2 Å². The first-order chi connectivity index (χ1) is 8.22. The van der Waals surface area contributed by atoms with Gasteiger partial charge in [-0.15, -0.1) is 0 Å². The van der Waals surface area contributed by atoms with Gasteiger partial charge in [-0.3, -0.25) is 0 Å². The summed E-state index contributed by atoms with van der Waals surface area (Å²) in [6.07, 6.45) is 2.00. The highest BCUT2D eigenvalue weighted by molar-refractivity contribution is 9.10. The number of benzene rings is 1. The third-order valence-electron chi connectivity index (χ3n) is 2.69. The Balaban J connectivity index is 2.27. The lowest BCUT2D eigenvalue weighted by Gasteiger charge is -2.07. The lowest BCUT2D eigenvalue weighted by atomic mass is 10.2. The molecule has 0 fully saturated rings. The maximum atomic E-state index is 4.55. The van der Waals surface area contributed by atoms with Gasteiger partial charge in [0.1, 0.15) is 0 Å². The molecule has 17 heavy (non-hydrogen) atoms. The number of nitrogens with one attached hydrogen (secondary N) is 1. The first-order valence-corrected chi connectivity index (χ1v) is 6.52. The minimum Gasteiger partial charge on any atom is -0.311 e. The van der Waals surface area contributed by atoms with Crippen LogP contribution >= 0.6 is 15.9 Å². The predicted octanol–water partition coefficient (Wildman–Crippen LogP) is 3.05. The van der Waals surface area contributed by atoms with Crippen LogP contribution in [0.2, 0.25) is 0 Å². The number of aromatic nitrogens is 2. The molecule has 0 aliphatic heterocycles. The highest BCUT2D eigenvalue weighted by Gasteiger charge is 2.05. The maximum Gasteiger partial charge on any atom is 0.0766 e. The van der Waals surface area contributed by atoms with Crippen LogP contribution in [-0.2, 0) is 6.54 Å². The van der Waals surface area contributed by atoms with Crippen molar-refractivity contribution in [2.24, 2.45) is 0 Å². The van der Waals surface area contributed by atoms with Crippen LogP contribution in [0.1, 0.15) is 18.2 Å². The molecule has 1 N–H and O–H groups in total. The number of rotatable bonds is 4. The van der Waals surface area contributed by atoms with Crippen LogP contribution in [0.4, 0.5) is 0 Å². The predicted molar refractivity (Wildman–Crippen MR) is 73.4 cm³/mol. The van der Waals surface area contributed by atoms with Gasteiger partial charge in [-0.2, -0.15) is 5.10 Å². The summed E-state index contributed by atoms with van der Waals surface area (Å²) in [4.78, 5) is 0. The van der Waals surface area contributed by atoms with E-state index in [1.807, 2.05) is 29.1 Å². The lowest BCUT2D eigenvalue weighted by molar-refractivity contribution is 0.696. The molecule has 0 amide bonds. The molecule has 4 heteroatoms. The van der Waals surface area contributed by atoms with Crippen molar-refractivity contribution in [2.75, 3.05) is 6.54 Å². The number of hydrogen-bond donors (Lipinski definition) is 1. The van der Waals surface area contributed by atoms with Crippen LogP contribution in [0.25, 0.3) is 5.69 Å². The first kappa shape index (κ1) is 12.3. The molecule has 90 valence electrons. The van der Waals surface area contributed by atoms with Gasteiger partial charge in [0.05, 0.1) is 11.4 Å². The van der Waals surface area contributed by atoms with Gasteiger partial charge >= 0.3 is 0 Å². The van der Waals surface area contributed by atoms with E-state index in [2.05, 4.69) is 46.3 Å². The molecule has 0 unspecified atom stereocenters. The van der Waals surface area contributed by atoms with Crippen molar-refractivity contribution in [1.29, 1.82) is 0 Å². The second-order valence-corrected chi connectivity index (χ2v) is 4.77. The van der Waals surface area contributed by atoms with Crippen molar-refractivity contribution in [2.45, 2.75) is 20.4 Å². The molecule has 1 heterocycles. The van der Waals surface area contributed by atoms with Gasteiger partial charge in [-0.25, -0.2) is 4.68 Å². The normalized spacial score (nSPS) is 10.8. The molecule has 1 aromatic heterocycles. The fourth-order valence-corrected chi connectivity index (χ4v) is 2.04. The number of halogens is 1. The highest BCUT2D eigenvalue weighted by atomic mass is 79.9. The summed E-state index contributed by atoms with van der Waals surface area (Å²) in [7, 11) is 0. The second kappa shape index (κ2) is 5.47. The largest absolute Gasteiger partial charge is 0.311 e. The fourth-order valence-electron chi connectivity index (χ4n) is 1.69. The minimum atomic E-state index is 0.816. The maximum absolute atomic E-state index is 4.55. The molecule has 1 aromatic carbocycles. The van der Waals surface area contributed by atoms with Crippen molar-refractivity contribution in [3.63, 3.8) is 0 Å². The van der Waals surface area contributed by atoms with E-state index >= 15 is 0 Å². The third-order valence-corrected chi connectivity index (χ3v) is 3.55. The summed E-state index contributed by atoms with van der Waals surface area (Å²) in [5, 5.41) is 7.82. The molecule has 0 saturated heterocycles. The molecule has 0 spiro atoms. The summed E-state index contributed by atoms with van der Waals surface area (Å²) >= 11 is 3.54. The number of nitrogens with zero attached hydrogens (tertiary/aromatic N) is 2. The van der Waals surface area contributed by atoms with Gasteiger partial charge in [0.15, 0.2) is 0 Å². The van der Waals surface area contributed by atoms with Crippen molar-refractivity contribution in [3.8, 4) is 5.69 Å². The van der Waals surface area contributed by atoms with Crippen molar-refractivity contribution < 1.29 is 0 Å². The van der Waals surface area contributed by atoms with E-state index < -0.39 is 0 Å². The average Bonchev–Trinajstić information content (AvgIpc) is 2.78. The van der Waals surface area contributed by atoms with E-state index in [0.717, 1.165) is 28.9 Å². The molecule has 3 nitrogen and oxygen atoms in total. The van der Waals surface area contributed by atoms with Crippen LogP contribution in [0.3, 0.4) is 0 Å². The molecule has 0 aliphatic carbocycles. The molecular weight excluding hydrogens is 278 g/mol. The van der Waals surface area contributed by atoms with E-state index in [1.165, 1.54) is 5.56 Å². The van der Waals surface area contributed by atoms with Gasteiger partial charge in [-0.05, 0) is 37.2 Å². The highest BCUT2D eigenvalue weighted by Crippen LogP contribution is 2.22. The van der Waals surface area contributed by atoms with Gasteiger partial charge in [-0.1, -0.05) is 28.9 Å². The van der Waals surface area contributed by atoms with E-state index in [0.29, 0.717) is 0 Å². The SMILES string of the molecule is CCNCc1ccn(-c2cccc(Br)c2C)n1. The van der Waals surface area contributed by atoms with Gasteiger partial charge in [0.2, 0.25) is 0 Å². The van der Waals surface area contributed by atoms with Gasteiger partial charge < -0.3 is 5.32 Å². The van der Waals surface area contributed by atoms with Crippen LogP contribution in [-0.4, -0.2) is 16.3 Å². The molecule has 0 atom stereocenters. The van der Waals surface area contributed by atoms with Crippen molar-refractivity contribution in [1.82, 2.24) is 15.1 Å². The summed E-state index contributed by atoms with van der Waals surface area (Å²) < 4.78 is 3.03. The Bertz CT molecular complexity index is 505. The Morgan fingerprint density at radius 3 is 2.94 bits per heavy atom. The summed E-state index contributed by atoms with van der Waals surface area (Å²) in [6.45, 7) is 5.96. The average molecular weight is 294 g/mol. The van der Waals surface area contributed by atoms with Crippen molar-refractivity contribution in [3.05, 3.63) is 46.2 Å². The molecule has 0 radical (unpaired) electrons. The molecule has 0 bridgehead atoms. The quantitative estimate of drug-likeness (QED) is 0.939. The summed E-state index contributed by atoms with van der Waals surface area (Å²) in [6, 6.07) is 8.19. The Morgan fingerprint density at radius 1 is 1.35 bits per heavy atom. The molecule has 0 saturated carbocycles. The number of hydrogen-bond acceptors (Lipinski definition) is 2. The second-order valence-electron chi connectivity index (χ2n) is 3.92. The Kier molecular flexibility index (Phi) is 3.97. The zero-order valence-electron chi connectivity index (χ0n) is 10.1. The monoisotopic (exact) mass is 293 g/mol. The summed E-state index contributed by atoms with van der Waals surface area (Å²) in [5.74, 6) is 0. The lowest BCUT2D eigenvalue weighted by Crippen LogP contribution is -2.12.